The summed E-state index contributed by atoms with van der Waals surface area (Å²) >= 11 is 0. The number of carbonyl (C=O) groups is 1. The predicted molar refractivity (Wildman–Crippen MR) is 72.0 cm³/mol. The van der Waals surface area contributed by atoms with Gasteiger partial charge in [-0.2, -0.15) is 0 Å². The van der Waals surface area contributed by atoms with Crippen molar-refractivity contribution < 1.29 is 27.5 Å². The van der Waals surface area contributed by atoms with Gasteiger partial charge < -0.3 is 13.8 Å². The van der Waals surface area contributed by atoms with Crippen LogP contribution in [0.25, 0.3) is 0 Å². The van der Waals surface area contributed by atoms with Crippen LogP contribution in [0.3, 0.4) is 0 Å². The van der Waals surface area contributed by atoms with Crippen molar-refractivity contribution in [1.82, 2.24) is 0 Å². The van der Waals surface area contributed by atoms with Crippen LogP contribution in [0.5, 0.6) is 0 Å². The Bertz CT molecular complexity index is 478. The van der Waals surface area contributed by atoms with E-state index in [4.69, 9.17) is 9.05 Å². The van der Waals surface area contributed by atoms with Crippen LogP contribution >= 0.6 is 7.60 Å². The van der Waals surface area contributed by atoms with Crippen LogP contribution in [0.15, 0.2) is 24.3 Å². The lowest BCUT2D eigenvalue weighted by Crippen LogP contribution is -2.17. The Labute approximate surface area is 117 Å². The molecular formula is C13H18FO5P. The quantitative estimate of drug-likeness (QED) is 0.571. The third-order valence-electron chi connectivity index (χ3n) is 2.54. The van der Waals surface area contributed by atoms with Crippen LogP contribution in [0.1, 0.15) is 25.1 Å². The van der Waals surface area contributed by atoms with Gasteiger partial charge in [0, 0.05) is 0 Å². The average molecular weight is 304 g/mol. The van der Waals surface area contributed by atoms with E-state index in [1.807, 2.05) is 0 Å². The van der Waals surface area contributed by atoms with Crippen LogP contribution in [-0.2, 0) is 23.1 Å². The lowest BCUT2D eigenvalue weighted by atomic mass is 10.1. The van der Waals surface area contributed by atoms with Crippen molar-refractivity contribution in [3.05, 3.63) is 35.6 Å². The van der Waals surface area contributed by atoms with Crippen molar-refractivity contribution in [3.63, 3.8) is 0 Å². The number of esters is 1. The minimum Gasteiger partial charge on any atom is -0.468 e. The highest BCUT2D eigenvalue weighted by molar-refractivity contribution is 7.55. The molecule has 0 amide bonds. The second kappa shape index (κ2) is 7.53. The number of carbonyl (C=O) groups excluding carboxylic acids is 1. The Morgan fingerprint density at radius 1 is 1.20 bits per heavy atom. The van der Waals surface area contributed by atoms with E-state index in [1.54, 1.807) is 13.8 Å². The zero-order valence-electron chi connectivity index (χ0n) is 11.7. The maximum atomic E-state index is 13.0. The molecule has 1 aromatic rings. The first kappa shape index (κ1) is 16.8. The third kappa shape index (κ3) is 3.88. The molecule has 0 aromatic heterocycles. The molecule has 0 unspecified atom stereocenters. The molecule has 0 heterocycles. The lowest BCUT2D eigenvalue weighted by Gasteiger charge is -2.24. The molecule has 0 aliphatic carbocycles. The topological polar surface area (TPSA) is 61.8 Å². The number of benzene rings is 1. The fourth-order valence-electron chi connectivity index (χ4n) is 1.75. The van der Waals surface area contributed by atoms with Crippen molar-refractivity contribution in [3.8, 4) is 0 Å². The second-order valence-electron chi connectivity index (χ2n) is 3.85. The first-order valence-corrected chi connectivity index (χ1v) is 7.81. The molecule has 0 bridgehead atoms. The van der Waals surface area contributed by atoms with Gasteiger partial charge in [-0.25, -0.2) is 4.39 Å². The fraction of sp³-hybridized carbons (Fsp3) is 0.462. The van der Waals surface area contributed by atoms with Gasteiger partial charge in [0.05, 0.1) is 20.3 Å². The van der Waals surface area contributed by atoms with Gasteiger partial charge in [-0.15, -0.1) is 0 Å². The predicted octanol–water partition coefficient (Wildman–Crippen LogP) is 3.31. The summed E-state index contributed by atoms with van der Waals surface area (Å²) in [6.45, 7) is 3.52. The zero-order chi connectivity index (χ0) is 15.2. The number of methoxy groups -OCH3 is 1. The van der Waals surface area contributed by atoms with Gasteiger partial charge in [0.2, 0.25) is 0 Å². The van der Waals surface area contributed by atoms with Crippen LogP contribution in [0.4, 0.5) is 4.39 Å². The monoisotopic (exact) mass is 304 g/mol. The molecule has 0 saturated carbocycles. The maximum Gasteiger partial charge on any atom is 0.349 e. The summed E-state index contributed by atoms with van der Waals surface area (Å²) in [6, 6.07) is 5.07. The van der Waals surface area contributed by atoms with Crippen LogP contribution < -0.4 is 0 Å². The van der Waals surface area contributed by atoms with Crippen molar-refractivity contribution in [2.75, 3.05) is 20.3 Å². The largest absolute Gasteiger partial charge is 0.468 e. The number of halogens is 1. The summed E-state index contributed by atoms with van der Waals surface area (Å²) in [5.74, 6) is -1.21. The van der Waals surface area contributed by atoms with Crippen molar-refractivity contribution in [2.45, 2.75) is 19.5 Å². The SMILES string of the molecule is CCOP(=O)(OCC)[C@@H](C(=O)OC)c1ccc(F)cc1. The van der Waals surface area contributed by atoms with E-state index in [1.165, 1.54) is 31.4 Å². The minimum atomic E-state index is -3.74. The van der Waals surface area contributed by atoms with E-state index in [0.717, 1.165) is 0 Å². The lowest BCUT2D eigenvalue weighted by molar-refractivity contribution is -0.140. The summed E-state index contributed by atoms with van der Waals surface area (Å²) in [4.78, 5) is 11.9. The van der Waals surface area contributed by atoms with Crippen molar-refractivity contribution in [1.29, 1.82) is 0 Å². The Morgan fingerprint density at radius 3 is 2.10 bits per heavy atom. The van der Waals surface area contributed by atoms with Crippen molar-refractivity contribution >= 4 is 13.6 Å². The highest BCUT2D eigenvalue weighted by Crippen LogP contribution is 2.61. The maximum absolute atomic E-state index is 13.0. The highest BCUT2D eigenvalue weighted by Gasteiger charge is 2.43. The van der Waals surface area contributed by atoms with E-state index in [0.29, 0.717) is 5.56 Å². The van der Waals surface area contributed by atoms with Gasteiger partial charge in [0.15, 0.2) is 5.66 Å². The van der Waals surface area contributed by atoms with Crippen LogP contribution in [0, 0.1) is 5.82 Å². The summed E-state index contributed by atoms with van der Waals surface area (Å²) < 4.78 is 40.8. The number of rotatable bonds is 7. The van der Waals surface area contributed by atoms with Crippen LogP contribution in [-0.4, -0.2) is 26.3 Å². The van der Waals surface area contributed by atoms with Gasteiger partial charge in [0.1, 0.15) is 5.82 Å². The second-order valence-corrected chi connectivity index (χ2v) is 5.97. The standard InChI is InChI=1S/C13H18FO5P/c1-4-18-20(16,19-5-2)12(13(15)17-3)10-6-8-11(14)9-7-10/h6-9,12H,4-5H2,1-3H3/t12-/m1/s1. The molecule has 5 nitrogen and oxygen atoms in total. The molecular weight excluding hydrogens is 286 g/mol. The van der Waals surface area contributed by atoms with Gasteiger partial charge in [0.25, 0.3) is 0 Å². The average Bonchev–Trinajstić information content (AvgIpc) is 2.41. The van der Waals surface area contributed by atoms with Gasteiger partial charge in [-0.1, -0.05) is 12.1 Å². The third-order valence-corrected chi connectivity index (χ3v) is 4.92. The molecule has 0 aliphatic rings. The smallest absolute Gasteiger partial charge is 0.349 e. The Kier molecular flexibility index (Phi) is 6.33. The summed E-state index contributed by atoms with van der Waals surface area (Å²) in [7, 11) is -2.55. The first-order valence-electron chi connectivity index (χ1n) is 6.20. The molecule has 0 fully saturated rings. The van der Waals surface area contributed by atoms with E-state index < -0.39 is 25.0 Å². The van der Waals surface area contributed by atoms with E-state index in [-0.39, 0.29) is 13.2 Å². The normalized spacial score (nSPS) is 13.0. The number of hydrogen-bond acceptors (Lipinski definition) is 5. The molecule has 0 radical (unpaired) electrons. The molecule has 7 heteroatoms. The molecule has 0 N–H and O–H groups in total. The van der Waals surface area contributed by atoms with Gasteiger partial charge in [-0.3, -0.25) is 9.36 Å². The first-order chi connectivity index (χ1) is 9.48. The van der Waals surface area contributed by atoms with Gasteiger partial charge in [-0.05, 0) is 31.5 Å². The highest BCUT2D eigenvalue weighted by atomic mass is 31.2. The minimum absolute atomic E-state index is 0.117. The molecule has 0 saturated heterocycles. The molecule has 1 aromatic carbocycles. The van der Waals surface area contributed by atoms with E-state index in [9.17, 15) is 13.8 Å². The summed E-state index contributed by atoms with van der Waals surface area (Å²) in [5, 5.41) is 0. The molecule has 20 heavy (non-hydrogen) atoms. The molecule has 0 aliphatic heterocycles. The molecule has 1 atom stereocenters. The number of ether oxygens (including phenoxy) is 1. The Hall–Kier alpha value is -1.23. The molecule has 1 rings (SSSR count). The van der Waals surface area contributed by atoms with E-state index >= 15 is 0 Å². The van der Waals surface area contributed by atoms with Crippen molar-refractivity contribution in [2.24, 2.45) is 0 Å². The Morgan fingerprint density at radius 2 is 1.70 bits per heavy atom. The van der Waals surface area contributed by atoms with E-state index in [2.05, 4.69) is 4.74 Å². The Balaban J connectivity index is 3.26. The zero-order valence-corrected chi connectivity index (χ0v) is 12.6. The molecule has 0 spiro atoms. The molecule has 112 valence electrons. The summed E-state index contributed by atoms with van der Waals surface area (Å²) in [5.41, 5.74) is -0.906. The number of hydrogen-bond donors (Lipinski definition) is 0. The fourth-order valence-corrected chi connectivity index (χ4v) is 3.74. The van der Waals surface area contributed by atoms with Gasteiger partial charge >= 0.3 is 13.6 Å². The summed E-state index contributed by atoms with van der Waals surface area (Å²) in [6.07, 6.45) is 0. The van der Waals surface area contributed by atoms with Crippen LogP contribution in [0.2, 0.25) is 0 Å².